The van der Waals surface area contributed by atoms with E-state index in [0.717, 1.165) is 31.2 Å². The second kappa shape index (κ2) is 5.64. The van der Waals surface area contributed by atoms with E-state index < -0.39 is 0 Å². The quantitative estimate of drug-likeness (QED) is 0.795. The lowest BCUT2D eigenvalue weighted by molar-refractivity contribution is 0.233. The van der Waals surface area contributed by atoms with Gasteiger partial charge in [0.2, 0.25) is 0 Å². The van der Waals surface area contributed by atoms with Crippen molar-refractivity contribution in [2.45, 2.75) is 32.9 Å². The van der Waals surface area contributed by atoms with Crippen molar-refractivity contribution >= 4 is 22.7 Å². The van der Waals surface area contributed by atoms with Crippen LogP contribution in [-0.2, 0) is 0 Å². The fourth-order valence-corrected chi connectivity index (χ4v) is 4.07. The van der Waals surface area contributed by atoms with E-state index in [1.54, 1.807) is 0 Å². The first-order chi connectivity index (χ1) is 9.65. The van der Waals surface area contributed by atoms with E-state index in [-0.39, 0.29) is 0 Å². The summed E-state index contributed by atoms with van der Waals surface area (Å²) < 4.78 is 0. The van der Waals surface area contributed by atoms with Gasteiger partial charge in [0.05, 0.1) is 6.54 Å². The summed E-state index contributed by atoms with van der Waals surface area (Å²) >= 11 is 1.90. The molecule has 0 amide bonds. The van der Waals surface area contributed by atoms with Gasteiger partial charge in [-0.25, -0.2) is 4.98 Å². The third-order valence-electron chi connectivity index (χ3n) is 3.93. The second-order valence-electron chi connectivity index (χ2n) is 5.72. The largest absolute Gasteiger partial charge is 0.353 e. The molecule has 0 aromatic carbocycles. The van der Waals surface area contributed by atoms with E-state index in [1.165, 1.54) is 10.7 Å². The highest BCUT2D eigenvalue weighted by atomic mass is 32.2. The first-order valence-electron chi connectivity index (χ1n) is 7.28. The molecule has 3 heterocycles. The Kier molecular flexibility index (Phi) is 3.87. The highest BCUT2D eigenvalue weighted by molar-refractivity contribution is 8.14. The number of aryl methyl sites for hydroxylation is 1. The van der Waals surface area contributed by atoms with Crippen molar-refractivity contribution in [1.82, 2.24) is 9.88 Å². The number of hydrogen-bond donors (Lipinski definition) is 0. The minimum Gasteiger partial charge on any atom is -0.353 e. The minimum absolute atomic E-state index is 0.478. The predicted molar refractivity (Wildman–Crippen MR) is 86.7 cm³/mol. The Balaban J connectivity index is 1.75. The van der Waals surface area contributed by atoms with Crippen LogP contribution in [-0.4, -0.2) is 52.5 Å². The minimum atomic E-state index is 0.478. The van der Waals surface area contributed by atoms with Gasteiger partial charge in [0.25, 0.3) is 0 Å². The van der Waals surface area contributed by atoms with Crippen LogP contribution < -0.4 is 4.90 Å². The van der Waals surface area contributed by atoms with Gasteiger partial charge < -0.3 is 9.80 Å². The summed E-state index contributed by atoms with van der Waals surface area (Å²) in [5.74, 6) is 2.23. The summed E-state index contributed by atoms with van der Waals surface area (Å²) in [4.78, 5) is 14.1. The summed E-state index contributed by atoms with van der Waals surface area (Å²) in [6, 6.07) is 5.23. The number of aromatic nitrogens is 1. The number of hydrogen-bond acceptors (Lipinski definition) is 5. The van der Waals surface area contributed by atoms with Crippen molar-refractivity contribution < 1.29 is 0 Å². The maximum absolute atomic E-state index is 4.64. The van der Waals surface area contributed by atoms with Gasteiger partial charge in [-0.05, 0) is 32.4 Å². The molecule has 5 heteroatoms. The van der Waals surface area contributed by atoms with Crippen molar-refractivity contribution in [2.75, 3.05) is 30.3 Å². The highest BCUT2D eigenvalue weighted by Crippen LogP contribution is 2.26. The molecule has 0 unspecified atom stereocenters. The predicted octanol–water partition coefficient (Wildman–Crippen LogP) is 2.39. The zero-order valence-electron chi connectivity index (χ0n) is 12.4. The van der Waals surface area contributed by atoms with E-state index in [2.05, 4.69) is 52.7 Å². The van der Waals surface area contributed by atoms with Gasteiger partial charge >= 0.3 is 0 Å². The number of thioether (sulfide) groups is 1. The molecule has 2 atom stereocenters. The average Bonchev–Trinajstić information content (AvgIpc) is 2.92. The maximum atomic E-state index is 4.64. The molecule has 1 saturated heterocycles. The first kappa shape index (κ1) is 13.7. The van der Waals surface area contributed by atoms with E-state index in [9.17, 15) is 0 Å². The van der Waals surface area contributed by atoms with Gasteiger partial charge in [-0.3, -0.25) is 4.99 Å². The van der Waals surface area contributed by atoms with Gasteiger partial charge in [0, 0.05) is 37.1 Å². The van der Waals surface area contributed by atoms with Gasteiger partial charge in [-0.2, -0.15) is 0 Å². The summed E-state index contributed by atoms with van der Waals surface area (Å²) in [5.41, 5.74) is 1.21. The molecule has 3 rings (SSSR count). The molecule has 0 bridgehead atoms. The molecule has 1 aromatic heterocycles. The van der Waals surface area contributed by atoms with Gasteiger partial charge in [0.15, 0.2) is 5.17 Å². The van der Waals surface area contributed by atoms with Crippen molar-refractivity contribution in [1.29, 1.82) is 0 Å². The SMILES string of the molecule is Cc1ccc(N2C[C@@H](C)N(C3=NCCS3)[C@@H](C)C2)nc1. The number of rotatable bonds is 1. The number of anilines is 1. The Morgan fingerprint density at radius 3 is 2.50 bits per heavy atom. The molecule has 1 fully saturated rings. The Bertz CT molecular complexity index is 487. The Morgan fingerprint density at radius 1 is 1.20 bits per heavy atom. The van der Waals surface area contributed by atoms with Gasteiger partial charge in [-0.1, -0.05) is 17.8 Å². The lowest BCUT2D eigenvalue weighted by atomic mass is 10.1. The Morgan fingerprint density at radius 2 is 1.95 bits per heavy atom. The molecule has 1 aromatic rings. The van der Waals surface area contributed by atoms with E-state index >= 15 is 0 Å². The van der Waals surface area contributed by atoms with Crippen LogP contribution >= 0.6 is 11.8 Å². The molecule has 0 spiro atoms. The third kappa shape index (κ3) is 2.64. The zero-order chi connectivity index (χ0) is 14.1. The Labute approximate surface area is 125 Å². The molecular weight excluding hydrogens is 268 g/mol. The van der Waals surface area contributed by atoms with Gasteiger partial charge in [-0.15, -0.1) is 0 Å². The van der Waals surface area contributed by atoms with Crippen LogP contribution in [0.2, 0.25) is 0 Å². The maximum Gasteiger partial charge on any atom is 0.159 e. The summed E-state index contributed by atoms with van der Waals surface area (Å²) in [6.45, 7) is 9.66. The fourth-order valence-electron chi connectivity index (χ4n) is 3.01. The average molecular weight is 290 g/mol. The molecular formula is C15H22N4S. The molecule has 2 aliphatic rings. The van der Waals surface area contributed by atoms with Crippen LogP contribution in [0.1, 0.15) is 19.4 Å². The zero-order valence-corrected chi connectivity index (χ0v) is 13.2. The molecule has 2 aliphatic heterocycles. The molecule has 4 nitrogen and oxygen atoms in total. The fraction of sp³-hybridized carbons (Fsp3) is 0.600. The van der Waals surface area contributed by atoms with Crippen LogP contribution in [0.4, 0.5) is 5.82 Å². The third-order valence-corrected chi connectivity index (χ3v) is 4.91. The molecule has 0 radical (unpaired) electrons. The monoisotopic (exact) mass is 290 g/mol. The van der Waals surface area contributed by atoms with Crippen LogP contribution in [0.25, 0.3) is 0 Å². The van der Waals surface area contributed by atoms with E-state index in [4.69, 9.17) is 0 Å². The standard InChI is InChI=1S/C15H22N4S/c1-11-4-5-14(17-8-11)18-9-12(2)19(13(3)10-18)15-16-6-7-20-15/h4-5,8,12-13H,6-7,9-10H2,1-3H3/t12-,13+. The molecule has 108 valence electrons. The Hall–Kier alpha value is -1.23. The van der Waals surface area contributed by atoms with Crippen LogP contribution in [0, 0.1) is 6.92 Å². The summed E-state index contributed by atoms with van der Waals surface area (Å²) in [6.07, 6.45) is 1.95. The van der Waals surface area contributed by atoms with Crippen molar-refractivity contribution in [3.05, 3.63) is 23.9 Å². The number of aliphatic imine (C=N–C) groups is 1. The molecule has 20 heavy (non-hydrogen) atoms. The molecule has 0 N–H and O–H groups in total. The first-order valence-corrected chi connectivity index (χ1v) is 8.27. The molecule has 0 aliphatic carbocycles. The summed E-state index contributed by atoms with van der Waals surface area (Å²) in [7, 11) is 0. The van der Waals surface area contributed by atoms with Gasteiger partial charge in [0.1, 0.15) is 5.82 Å². The normalized spacial score (nSPS) is 26.9. The smallest absolute Gasteiger partial charge is 0.159 e. The topological polar surface area (TPSA) is 31.7 Å². The van der Waals surface area contributed by atoms with Crippen LogP contribution in [0.3, 0.4) is 0 Å². The number of piperazine rings is 1. The lowest BCUT2D eigenvalue weighted by Gasteiger charge is -2.45. The van der Waals surface area contributed by atoms with Crippen molar-refractivity contribution in [3.8, 4) is 0 Å². The lowest BCUT2D eigenvalue weighted by Crippen LogP contribution is -2.58. The molecule has 0 saturated carbocycles. The highest BCUT2D eigenvalue weighted by Gasteiger charge is 2.33. The van der Waals surface area contributed by atoms with Crippen molar-refractivity contribution in [3.63, 3.8) is 0 Å². The van der Waals surface area contributed by atoms with Crippen LogP contribution in [0.5, 0.6) is 0 Å². The number of amidine groups is 1. The second-order valence-corrected chi connectivity index (χ2v) is 6.78. The van der Waals surface area contributed by atoms with E-state index in [0.29, 0.717) is 12.1 Å². The number of nitrogens with zero attached hydrogens (tertiary/aromatic N) is 4. The van der Waals surface area contributed by atoms with Crippen LogP contribution in [0.15, 0.2) is 23.3 Å². The van der Waals surface area contributed by atoms with E-state index in [1.807, 2.05) is 18.0 Å². The number of pyridine rings is 1. The summed E-state index contributed by atoms with van der Waals surface area (Å²) in [5, 5.41) is 1.24. The van der Waals surface area contributed by atoms with Crippen molar-refractivity contribution in [2.24, 2.45) is 4.99 Å².